The average molecular weight is 1910 g/mol. The number of carboxylic acid groups (broad SMARTS) is 2. The molecule has 0 bridgehead atoms. The number of unbranched alkanes of at least 4 members (excludes halogenated alkanes) is 2. The molecule has 7 rings (SSSR count). The van der Waals surface area contributed by atoms with Crippen LogP contribution < -0.4 is 52.0 Å². The maximum atomic E-state index is 13.9. The van der Waals surface area contributed by atoms with Crippen molar-refractivity contribution in [3.8, 4) is 23.6 Å². The first-order chi connectivity index (χ1) is 65.1. The number of alkyl halides is 4. The van der Waals surface area contributed by atoms with E-state index in [-0.39, 0.29) is 265 Å². The number of rotatable bonds is 63. The lowest BCUT2D eigenvalue weighted by molar-refractivity contribution is -0.147. The zero-order valence-electron chi connectivity index (χ0n) is 75.1. The van der Waals surface area contributed by atoms with Gasteiger partial charge in [-0.2, -0.15) is 10.5 Å². The molecule has 0 saturated carbocycles. The molecule has 4 atom stereocenters. The van der Waals surface area contributed by atoms with Crippen LogP contribution in [0.1, 0.15) is 104 Å². The summed E-state index contributed by atoms with van der Waals surface area (Å²) < 4.78 is 111. The summed E-state index contributed by atoms with van der Waals surface area (Å²) in [5, 5.41) is 59.8. The van der Waals surface area contributed by atoms with E-state index in [0.717, 1.165) is 9.80 Å². The molecule has 0 aliphatic carbocycles. The Morgan fingerprint density at radius 2 is 0.859 bits per heavy atom. The second-order valence-electron chi connectivity index (χ2n) is 31.4. The number of pyridine rings is 2. The molecule has 3 aliphatic rings. The van der Waals surface area contributed by atoms with Crippen LogP contribution in [0.2, 0.25) is 0 Å². The number of ether oxygens (including phenoxy) is 10. The first kappa shape index (κ1) is 110. The Morgan fingerprint density at radius 1 is 0.459 bits per heavy atom. The van der Waals surface area contributed by atoms with Crippen LogP contribution in [-0.4, -0.2) is 393 Å². The van der Waals surface area contributed by atoms with E-state index in [0.29, 0.717) is 72.1 Å². The monoisotopic (exact) mass is 1910 g/mol. The SMILES string of the molecule is N#C[C@@H]1CC(F)(F)CN1C(=O)CNC(=O)c1ccnc2ccc(OCCCCNC(=O)CCOCCOCCNC(=O)CC[C@H](NC(=O)CCOCCOCCNC(=O)CCC(OC=O)N3CCN(COC=O)CCN(CC(=O)O)CCN(CC(=O)O)CC3)C(=O)NCCOCCOCCC(=O)NCCCCOc3ccc4nccc(C(=O)NCC(=O)N5CC(F)(F)C[C@@H]5C#N)c4c3)cc12. The molecule has 44 nitrogen and oxygen atoms in total. The number of carboxylic acids is 2. The molecule has 4 aromatic rings. The molecule has 10 N–H and O–H groups in total. The Balaban J connectivity index is 0.755. The van der Waals surface area contributed by atoms with Crippen molar-refractivity contribution in [2.45, 2.75) is 120 Å². The van der Waals surface area contributed by atoms with Gasteiger partial charge in [0.1, 0.15) is 36.4 Å². The summed E-state index contributed by atoms with van der Waals surface area (Å²) in [5.41, 5.74) is 1.24. The lowest BCUT2D eigenvalue weighted by Crippen LogP contribution is -2.50. The van der Waals surface area contributed by atoms with E-state index in [2.05, 4.69) is 52.5 Å². The highest BCUT2D eigenvalue weighted by Gasteiger charge is 2.48. The summed E-state index contributed by atoms with van der Waals surface area (Å²) in [6.45, 7) is 1.00. The van der Waals surface area contributed by atoms with Crippen LogP contribution in [0, 0.1) is 22.7 Å². The zero-order chi connectivity index (χ0) is 97.6. The van der Waals surface area contributed by atoms with Crippen LogP contribution >= 0.6 is 0 Å². The standard InChI is InChI=1S/C87H120F4N18O26/c88-86(89)49-62(51-92)108(57-86)78(117)53-101-83(123)66-13-20-94-70-7-5-64(47-68(66)70)133-33-3-1-18-96-75(114)15-35-126-41-44-129-38-22-98-73(112)10-9-72(103-77(116)17-37-128-43-45-130-39-23-99-74(113)11-12-80(135-61-111)107-31-29-105(56-82(121)122)26-25-104(55-81(119)120)27-28-106(30-32-107)59-132-60-110)85(125)100-24-40-131-46-42-127-36-16-76(115)97-19-2-4-34-134-65-6-8-71-69(48-65)67(14-21-95-71)84(124)102-54-79(118)109-58-87(90,91)50-63(109)52-93/h5-8,13-14,20-21,47-48,60-63,72,80H,1-4,9-12,15-19,22-46,49-50,53-59H2,(H,96,114)(H,97,115)(H,98,112)(H,99,113)(H,100,125)(H,101,123)(H,102,124)(H,103,116)(H,119,120)(H,121,122)/t62-,63+,72-,80?/m0/s1. The van der Waals surface area contributed by atoms with Crippen molar-refractivity contribution >= 4 is 106 Å². The van der Waals surface area contributed by atoms with Crippen LogP contribution in [0.4, 0.5) is 17.6 Å². The molecule has 0 spiro atoms. The maximum Gasteiger partial charge on any atom is 0.317 e. The molecule has 5 heterocycles. The van der Waals surface area contributed by atoms with Crippen LogP contribution in [0.5, 0.6) is 11.5 Å². The van der Waals surface area contributed by atoms with Gasteiger partial charge >= 0.3 is 11.9 Å². The number of nitrogens with one attached hydrogen (secondary N) is 8. The van der Waals surface area contributed by atoms with Crippen molar-refractivity contribution in [2.75, 3.05) is 224 Å². The molecule has 2 aromatic carbocycles. The number of halogens is 4. The van der Waals surface area contributed by atoms with E-state index in [1.54, 1.807) is 68.1 Å². The second kappa shape index (κ2) is 60.9. The molecule has 1 unspecified atom stereocenters. The minimum absolute atomic E-state index is 0.00997. The third kappa shape index (κ3) is 42.5. The van der Waals surface area contributed by atoms with Gasteiger partial charge in [0, 0.05) is 160 Å². The van der Waals surface area contributed by atoms with Gasteiger partial charge in [0.05, 0.1) is 166 Å². The number of carbonyl (C=O) groups excluding carboxylic acids is 12. The molecule has 3 aliphatic heterocycles. The Morgan fingerprint density at radius 3 is 1.30 bits per heavy atom. The van der Waals surface area contributed by atoms with Gasteiger partial charge in [-0.1, -0.05) is 0 Å². The smallest absolute Gasteiger partial charge is 0.317 e. The highest BCUT2D eigenvalue weighted by Crippen LogP contribution is 2.34. The summed E-state index contributed by atoms with van der Waals surface area (Å²) in [5.74, 6) is -13.2. The van der Waals surface area contributed by atoms with E-state index in [1.165, 1.54) is 24.5 Å². The number of aliphatic carboxylic acids is 2. The average Bonchev–Trinajstić information content (AvgIpc) is 1.74. The quantitative estimate of drug-likeness (QED) is 0.0154. The number of hydrogen-bond donors (Lipinski definition) is 10. The molecule has 3 fully saturated rings. The first-order valence-corrected chi connectivity index (χ1v) is 44.4. The fourth-order valence-electron chi connectivity index (χ4n) is 14.2. The Labute approximate surface area is 776 Å². The van der Waals surface area contributed by atoms with Gasteiger partial charge in [0.2, 0.25) is 47.3 Å². The van der Waals surface area contributed by atoms with Crippen LogP contribution in [0.3, 0.4) is 0 Å². The Bertz CT molecular complexity index is 4600. The molecule has 2 aromatic heterocycles. The number of aromatic nitrogens is 2. The number of hydrogen-bond acceptors (Lipinski definition) is 32. The third-order valence-corrected chi connectivity index (χ3v) is 21.2. The van der Waals surface area contributed by atoms with Crippen LogP contribution in [-0.2, 0) is 95.4 Å². The van der Waals surface area contributed by atoms with Gasteiger partial charge in [-0.3, -0.25) is 96.7 Å². The van der Waals surface area contributed by atoms with Crippen molar-refractivity contribution < 1.29 is 142 Å². The van der Waals surface area contributed by atoms with Crippen LogP contribution in [0.25, 0.3) is 21.8 Å². The van der Waals surface area contributed by atoms with Gasteiger partial charge in [-0.25, -0.2) is 17.6 Å². The minimum atomic E-state index is -3.21. The summed E-state index contributed by atoms with van der Waals surface area (Å²) in [4.78, 5) is 193. The maximum absolute atomic E-state index is 13.9. The minimum Gasteiger partial charge on any atom is -0.494 e. The van der Waals surface area contributed by atoms with Gasteiger partial charge in [-0.05, 0) is 80.6 Å². The molecular formula is C87H120F4N18O26. The molecule has 742 valence electrons. The van der Waals surface area contributed by atoms with E-state index in [4.69, 9.17) is 47.4 Å². The number of likely N-dealkylation sites (tertiary alicyclic amines) is 2. The van der Waals surface area contributed by atoms with Crippen molar-refractivity contribution in [3.05, 3.63) is 72.1 Å². The number of benzene rings is 2. The topological polar surface area (TPSA) is 561 Å². The molecule has 135 heavy (non-hydrogen) atoms. The predicted octanol–water partition coefficient (Wildman–Crippen LogP) is -0.303. The van der Waals surface area contributed by atoms with Crippen molar-refractivity contribution in [1.29, 1.82) is 10.5 Å². The van der Waals surface area contributed by atoms with E-state index in [1.807, 2.05) is 0 Å². The number of nitrogens with zero attached hydrogens (tertiary/aromatic N) is 10. The van der Waals surface area contributed by atoms with E-state index >= 15 is 0 Å². The Hall–Kier alpha value is -12.3. The fraction of sp³-hybridized carbons (Fsp3) is 0.609. The molecule has 48 heteroatoms. The first-order valence-electron chi connectivity index (χ1n) is 44.4. The zero-order valence-corrected chi connectivity index (χ0v) is 75.1. The van der Waals surface area contributed by atoms with Gasteiger partial charge in [0.15, 0.2) is 6.23 Å². The van der Waals surface area contributed by atoms with Crippen molar-refractivity contribution in [2.24, 2.45) is 0 Å². The van der Waals surface area contributed by atoms with Crippen LogP contribution in [0.15, 0.2) is 60.9 Å². The summed E-state index contributed by atoms with van der Waals surface area (Å²) in [6.07, 6.45) is 2.22. The van der Waals surface area contributed by atoms with Crippen molar-refractivity contribution in [3.63, 3.8) is 0 Å². The molecule has 0 radical (unpaired) electrons. The summed E-state index contributed by atoms with van der Waals surface area (Å²) in [7, 11) is 0. The second-order valence-corrected chi connectivity index (χ2v) is 31.4. The number of fused-ring (bicyclic) bond motifs is 2. The number of amides is 10. The predicted molar refractivity (Wildman–Crippen MR) is 467 cm³/mol. The van der Waals surface area contributed by atoms with Gasteiger partial charge < -0.3 is 110 Å². The van der Waals surface area contributed by atoms with Crippen molar-refractivity contribution in [1.82, 2.24) is 81.9 Å². The normalized spacial score (nSPS) is 16.3. The number of nitriles is 2. The lowest BCUT2D eigenvalue weighted by Gasteiger charge is -2.35. The summed E-state index contributed by atoms with van der Waals surface area (Å²) >= 11 is 0. The van der Waals surface area contributed by atoms with Gasteiger partial charge in [-0.15, -0.1) is 0 Å². The van der Waals surface area contributed by atoms with Gasteiger partial charge in [0.25, 0.3) is 36.6 Å². The lowest BCUT2D eigenvalue weighted by atomic mass is 10.1. The molecular weight excluding hydrogens is 1790 g/mol. The van der Waals surface area contributed by atoms with E-state index < -0.39 is 134 Å². The largest absolute Gasteiger partial charge is 0.494 e. The number of carbonyl (C=O) groups is 14. The van der Waals surface area contributed by atoms with E-state index in [9.17, 15) is 105 Å². The highest BCUT2D eigenvalue weighted by atomic mass is 19.3. The molecule has 3 saturated heterocycles. The Kier molecular flexibility index (Phi) is 49.5. The fourth-order valence-corrected chi connectivity index (χ4v) is 14.2. The molecule has 10 amide bonds. The third-order valence-electron chi connectivity index (χ3n) is 21.2. The highest BCUT2D eigenvalue weighted by molar-refractivity contribution is 6.08. The summed E-state index contributed by atoms with van der Waals surface area (Å²) in [6, 6.07) is 12.4.